The van der Waals surface area contributed by atoms with Gasteiger partial charge in [0.15, 0.2) is 0 Å². The minimum Gasteiger partial charge on any atom is -0.379 e. The summed E-state index contributed by atoms with van der Waals surface area (Å²) in [6, 6.07) is 16.1. The van der Waals surface area contributed by atoms with E-state index < -0.39 is 0 Å². The van der Waals surface area contributed by atoms with Crippen LogP contribution >= 0.6 is 0 Å². The van der Waals surface area contributed by atoms with E-state index in [4.69, 9.17) is 0 Å². The van der Waals surface area contributed by atoms with Gasteiger partial charge in [-0.25, -0.2) is 0 Å². The fourth-order valence-corrected chi connectivity index (χ4v) is 3.08. The number of benzene rings is 2. The molecule has 0 aliphatic heterocycles. The van der Waals surface area contributed by atoms with Crippen LogP contribution < -0.4 is 5.32 Å². The minimum absolute atomic E-state index is 0.355. The van der Waals surface area contributed by atoms with Crippen LogP contribution in [0.4, 0.5) is 5.69 Å². The number of anilines is 1. The van der Waals surface area contributed by atoms with Crippen molar-refractivity contribution in [2.24, 2.45) is 0 Å². The molecule has 1 aliphatic carbocycles. The van der Waals surface area contributed by atoms with Crippen molar-refractivity contribution in [3.8, 4) is 0 Å². The van der Waals surface area contributed by atoms with Gasteiger partial charge in [-0.1, -0.05) is 37.3 Å². The van der Waals surface area contributed by atoms with E-state index in [0.717, 1.165) is 6.42 Å². The summed E-state index contributed by atoms with van der Waals surface area (Å²) in [5.74, 6) is 0. The highest BCUT2D eigenvalue weighted by Crippen LogP contribution is 2.27. The largest absolute Gasteiger partial charge is 0.379 e. The SMILES string of the molecule is CCc1cccc(NC(C)c2ccc3c(c2)CCC3)c1. The molecule has 1 atom stereocenters. The van der Waals surface area contributed by atoms with Crippen molar-refractivity contribution in [1.82, 2.24) is 0 Å². The summed E-state index contributed by atoms with van der Waals surface area (Å²) < 4.78 is 0. The van der Waals surface area contributed by atoms with Gasteiger partial charge in [-0.3, -0.25) is 0 Å². The smallest absolute Gasteiger partial charge is 0.0485 e. The van der Waals surface area contributed by atoms with Crippen LogP contribution in [0.25, 0.3) is 0 Å². The van der Waals surface area contributed by atoms with Gasteiger partial charge in [0, 0.05) is 11.7 Å². The predicted octanol–water partition coefficient (Wildman–Crippen LogP) is 4.91. The van der Waals surface area contributed by atoms with Gasteiger partial charge in [0.25, 0.3) is 0 Å². The fourth-order valence-electron chi connectivity index (χ4n) is 3.08. The second-order valence-electron chi connectivity index (χ2n) is 5.80. The first kappa shape index (κ1) is 13.2. The maximum Gasteiger partial charge on any atom is 0.0485 e. The van der Waals surface area contributed by atoms with Gasteiger partial charge in [0.1, 0.15) is 0 Å². The Morgan fingerprint density at radius 1 is 1.05 bits per heavy atom. The van der Waals surface area contributed by atoms with E-state index in [1.807, 2.05) is 0 Å². The van der Waals surface area contributed by atoms with E-state index in [0.29, 0.717) is 6.04 Å². The maximum atomic E-state index is 3.62. The first-order valence-corrected chi connectivity index (χ1v) is 7.73. The average molecular weight is 265 g/mol. The molecule has 3 rings (SSSR count). The van der Waals surface area contributed by atoms with Crippen molar-refractivity contribution in [3.63, 3.8) is 0 Å². The van der Waals surface area contributed by atoms with Gasteiger partial charge in [0.2, 0.25) is 0 Å². The number of aryl methyl sites for hydroxylation is 3. The summed E-state index contributed by atoms with van der Waals surface area (Å²) in [6.07, 6.45) is 4.92. The Hall–Kier alpha value is -1.76. The van der Waals surface area contributed by atoms with Crippen LogP contribution in [0.5, 0.6) is 0 Å². The molecule has 0 heterocycles. The highest BCUT2D eigenvalue weighted by molar-refractivity contribution is 5.48. The predicted molar refractivity (Wildman–Crippen MR) is 86.3 cm³/mol. The van der Waals surface area contributed by atoms with Gasteiger partial charge in [-0.2, -0.15) is 0 Å². The Labute approximate surface area is 122 Å². The molecule has 1 heteroatoms. The lowest BCUT2D eigenvalue weighted by atomic mass is 10.0. The lowest BCUT2D eigenvalue weighted by Gasteiger charge is -2.17. The summed E-state index contributed by atoms with van der Waals surface area (Å²) in [4.78, 5) is 0. The van der Waals surface area contributed by atoms with E-state index in [-0.39, 0.29) is 0 Å². The lowest BCUT2D eigenvalue weighted by molar-refractivity contribution is 0.878. The molecule has 0 radical (unpaired) electrons. The Balaban J connectivity index is 1.77. The number of hydrogen-bond donors (Lipinski definition) is 1. The Kier molecular flexibility index (Phi) is 3.77. The molecule has 0 saturated heterocycles. The highest BCUT2D eigenvalue weighted by atomic mass is 14.9. The summed E-state index contributed by atoms with van der Waals surface area (Å²) >= 11 is 0. The third-order valence-corrected chi connectivity index (χ3v) is 4.34. The second-order valence-corrected chi connectivity index (χ2v) is 5.80. The van der Waals surface area contributed by atoms with E-state index in [1.165, 1.54) is 36.1 Å². The van der Waals surface area contributed by atoms with Gasteiger partial charge in [-0.05, 0) is 67.0 Å². The van der Waals surface area contributed by atoms with Crippen molar-refractivity contribution in [2.75, 3.05) is 5.32 Å². The molecule has 1 unspecified atom stereocenters. The Morgan fingerprint density at radius 3 is 2.75 bits per heavy atom. The molecular weight excluding hydrogens is 242 g/mol. The Morgan fingerprint density at radius 2 is 1.90 bits per heavy atom. The van der Waals surface area contributed by atoms with Gasteiger partial charge in [-0.15, -0.1) is 0 Å². The van der Waals surface area contributed by atoms with E-state index in [1.54, 1.807) is 11.1 Å². The molecule has 1 nitrogen and oxygen atoms in total. The molecule has 0 bridgehead atoms. The molecule has 0 aromatic heterocycles. The summed E-state index contributed by atoms with van der Waals surface area (Å²) in [7, 11) is 0. The molecule has 0 amide bonds. The van der Waals surface area contributed by atoms with E-state index in [9.17, 15) is 0 Å². The molecule has 104 valence electrons. The fraction of sp³-hybridized carbons (Fsp3) is 0.368. The molecular formula is C19H23N. The average Bonchev–Trinajstić information content (AvgIpc) is 2.94. The van der Waals surface area contributed by atoms with Gasteiger partial charge < -0.3 is 5.32 Å². The zero-order valence-electron chi connectivity index (χ0n) is 12.4. The third-order valence-electron chi connectivity index (χ3n) is 4.34. The number of nitrogens with one attached hydrogen (secondary N) is 1. The standard InChI is InChI=1S/C19H23N/c1-3-15-6-4-9-19(12-15)20-14(2)17-11-10-16-7-5-8-18(16)13-17/h4,6,9-14,20H,3,5,7-8H2,1-2H3. The van der Waals surface area contributed by atoms with Crippen LogP contribution in [-0.2, 0) is 19.3 Å². The number of fused-ring (bicyclic) bond motifs is 1. The normalized spacial score (nSPS) is 14.9. The van der Waals surface area contributed by atoms with Crippen LogP contribution in [-0.4, -0.2) is 0 Å². The van der Waals surface area contributed by atoms with E-state index in [2.05, 4.69) is 61.6 Å². The van der Waals surface area contributed by atoms with Crippen LogP contribution in [0.1, 0.15) is 48.6 Å². The first-order chi connectivity index (χ1) is 9.76. The molecule has 2 aromatic carbocycles. The summed E-state index contributed by atoms with van der Waals surface area (Å²) in [5.41, 5.74) is 7.11. The van der Waals surface area contributed by atoms with Crippen LogP contribution in [0.15, 0.2) is 42.5 Å². The molecule has 2 aromatic rings. The van der Waals surface area contributed by atoms with Crippen LogP contribution in [0.2, 0.25) is 0 Å². The zero-order chi connectivity index (χ0) is 13.9. The highest BCUT2D eigenvalue weighted by Gasteiger charge is 2.13. The number of rotatable bonds is 4. The topological polar surface area (TPSA) is 12.0 Å². The van der Waals surface area contributed by atoms with Gasteiger partial charge in [0.05, 0.1) is 0 Å². The van der Waals surface area contributed by atoms with Crippen molar-refractivity contribution in [2.45, 2.75) is 45.6 Å². The maximum absolute atomic E-state index is 3.62. The minimum atomic E-state index is 0.355. The second kappa shape index (κ2) is 5.70. The molecule has 1 N–H and O–H groups in total. The third kappa shape index (κ3) is 2.72. The summed E-state index contributed by atoms with van der Waals surface area (Å²) in [6.45, 7) is 4.44. The molecule has 0 saturated carbocycles. The monoisotopic (exact) mass is 265 g/mol. The van der Waals surface area contributed by atoms with Crippen molar-refractivity contribution in [1.29, 1.82) is 0 Å². The molecule has 1 aliphatic rings. The molecule has 0 fully saturated rings. The van der Waals surface area contributed by atoms with Crippen molar-refractivity contribution >= 4 is 5.69 Å². The quantitative estimate of drug-likeness (QED) is 0.828. The Bertz CT molecular complexity index is 600. The first-order valence-electron chi connectivity index (χ1n) is 7.73. The van der Waals surface area contributed by atoms with Crippen molar-refractivity contribution in [3.05, 3.63) is 64.7 Å². The molecule has 20 heavy (non-hydrogen) atoms. The zero-order valence-corrected chi connectivity index (χ0v) is 12.4. The summed E-state index contributed by atoms with van der Waals surface area (Å²) in [5, 5.41) is 3.62. The van der Waals surface area contributed by atoms with Crippen molar-refractivity contribution < 1.29 is 0 Å². The molecule has 0 spiro atoms. The van der Waals surface area contributed by atoms with Crippen LogP contribution in [0.3, 0.4) is 0 Å². The number of hydrogen-bond acceptors (Lipinski definition) is 1. The van der Waals surface area contributed by atoms with Crippen LogP contribution in [0, 0.1) is 0 Å². The van der Waals surface area contributed by atoms with E-state index >= 15 is 0 Å². The van der Waals surface area contributed by atoms with Gasteiger partial charge >= 0.3 is 0 Å². The lowest BCUT2D eigenvalue weighted by Crippen LogP contribution is -2.07.